The number of thiazole rings is 1. The highest BCUT2D eigenvalue weighted by Gasteiger charge is 2.07. The Bertz CT molecular complexity index is 1160. The normalized spacial score (nSPS) is 11.8. The number of benzene rings is 2. The van der Waals surface area contributed by atoms with Crippen LogP contribution in [-0.2, 0) is 16.6 Å². The summed E-state index contributed by atoms with van der Waals surface area (Å²) in [5.74, 6) is 0.666. The molecule has 7 nitrogen and oxygen atoms in total. The van der Waals surface area contributed by atoms with Crippen LogP contribution >= 0.6 is 11.3 Å². The van der Waals surface area contributed by atoms with E-state index in [0.29, 0.717) is 17.1 Å². The second kappa shape index (κ2) is 9.89. The molecule has 0 atom stereocenters. The zero-order valence-electron chi connectivity index (χ0n) is 17.1. The third kappa shape index (κ3) is 5.15. The Morgan fingerprint density at radius 2 is 2.00 bits per heavy atom. The molecule has 0 aliphatic rings. The van der Waals surface area contributed by atoms with Gasteiger partial charge in [0.05, 0.1) is 23.5 Å². The van der Waals surface area contributed by atoms with Crippen LogP contribution in [-0.4, -0.2) is 37.1 Å². The number of carbonyl (C=O) groups excluding carboxylic acids is 1. The van der Waals surface area contributed by atoms with Crippen LogP contribution in [0.5, 0.6) is 11.5 Å². The van der Waals surface area contributed by atoms with Gasteiger partial charge in [0.15, 0.2) is 11.5 Å². The number of carbonyl (C=O) groups is 1. The second-order valence-electron chi connectivity index (χ2n) is 6.43. The molecule has 1 heterocycles. The number of aryl methyl sites for hydroxylation is 1. The van der Waals surface area contributed by atoms with Crippen LogP contribution < -0.4 is 14.3 Å². The summed E-state index contributed by atoms with van der Waals surface area (Å²) in [6.45, 7) is 5.47. The third-order valence-electron chi connectivity index (χ3n) is 4.18. The second-order valence-corrected chi connectivity index (χ2v) is 7.44. The molecule has 0 N–H and O–H groups in total. The predicted molar refractivity (Wildman–Crippen MR) is 118 cm³/mol. The number of hydrogen-bond acceptors (Lipinski definition) is 7. The van der Waals surface area contributed by atoms with Crippen molar-refractivity contribution in [3.63, 3.8) is 0 Å². The zero-order chi connectivity index (χ0) is 21.5. The number of hydrogen-bond donors (Lipinski definition) is 0. The van der Waals surface area contributed by atoms with E-state index in [1.165, 1.54) is 0 Å². The minimum Gasteiger partial charge on any atom is -0.493 e. The van der Waals surface area contributed by atoms with Crippen molar-refractivity contribution in [3.8, 4) is 11.5 Å². The molecule has 8 heteroatoms. The number of esters is 1. The first-order chi connectivity index (χ1) is 14.5. The molecule has 1 aromatic heterocycles. The fourth-order valence-electron chi connectivity index (χ4n) is 2.62. The number of rotatable bonds is 8. The molecular weight excluding hydrogens is 402 g/mol. The maximum absolute atomic E-state index is 11.4. The molecule has 156 valence electrons. The number of nitrogens with zero attached hydrogens (tertiary/aromatic N) is 3. The average molecular weight is 426 g/mol. The first kappa shape index (κ1) is 21.3. The van der Waals surface area contributed by atoms with Crippen LogP contribution in [0.25, 0.3) is 10.2 Å². The smallest absolute Gasteiger partial charge is 0.333 e. The molecule has 3 rings (SSSR count). The van der Waals surface area contributed by atoms with E-state index >= 15 is 0 Å². The molecule has 0 saturated carbocycles. The number of aromatic nitrogens is 1. The van der Waals surface area contributed by atoms with Crippen molar-refractivity contribution in [2.75, 3.05) is 20.3 Å². The molecule has 0 unspecified atom stereocenters. The Morgan fingerprint density at radius 3 is 2.73 bits per heavy atom. The van der Waals surface area contributed by atoms with Gasteiger partial charge >= 0.3 is 5.97 Å². The lowest BCUT2D eigenvalue weighted by Crippen LogP contribution is -2.12. The van der Waals surface area contributed by atoms with Gasteiger partial charge in [-0.25, -0.2) is 4.79 Å². The van der Waals surface area contributed by atoms with Crippen LogP contribution in [0.2, 0.25) is 0 Å². The molecule has 3 aromatic rings. The summed E-state index contributed by atoms with van der Waals surface area (Å²) in [7, 11) is 3.53. The van der Waals surface area contributed by atoms with E-state index < -0.39 is 5.97 Å². The van der Waals surface area contributed by atoms with Gasteiger partial charge in [0.25, 0.3) is 0 Å². The van der Waals surface area contributed by atoms with E-state index in [0.717, 1.165) is 20.6 Å². The quantitative estimate of drug-likeness (QED) is 0.181. The molecule has 2 aromatic carbocycles. The third-order valence-corrected chi connectivity index (χ3v) is 5.28. The maximum Gasteiger partial charge on any atom is 0.333 e. The van der Waals surface area contributed by atoms with E-state index in [9.17, 15) is 4.79 Å². The van der Waals surface area contributed by atoms with E-state index in [1.54, 1.807) is 43.7 Å². The van der Waals surface area contributed by atoms with Crippen LogP contribution in [0.15, 0.2) is 64.8 Å². The molecule has 0 saturated heterocycles. The first-order valence-corrected chi connectivity index (χ1v) is 10.1. The maximum atomic E-state index is 11.4. The van der Waals surface area contributed by atoms with Gasteiger partial charge in [-0.05, 0) is 42.8 Å². The number of para-hydroxylation sites is 1. The zero-order valence-corrected chi connectivity index (χ0v) is 17.9. The Labute approximate surface area is 178 Å². The van der Waals surface area contributed by atoms with Gasteiger partial charge < -0.3 is 18.8 Å². The van der Waals surface area contributed by atoms with Gasteiger partial charge in [-0.3, -0.25) is 0 Å². The first-order valence-electron chi connectivity index (χ1n) is 9.24. The van der Waals surface area contributed by atoms with Crippen LogP contribution in [0.1, 0.15) is 12.5 Å². The largest absolute Gasteiger partial charge is 0.493 e. The molecule has 0 aliphatic heterocycles. The predicted octanol–water partition coefficient (Wildman–Crippen LogP) is 3.68. The topological polar surface area (TPSA) is 74.4 Å². The van der Waals surface area contributed by atoms with Crippen molar-refractivity contribution >= 4 is 33.7 Å². The van der Waals surface area contributed by atoms with Crippen molar-refractivity contribution in [3.05, 3.63) is 65.0 Å². The molecule has 0 fully saturated rings. The average Bonchev–Trinajstić information content (AvgIpc) is 3.07. The van der Waals surface area contributed by atoms with Crippen molar-refractivity contribution < 1.29 is 19.0 Å². The highest BCUT2D eigenvalue weighted by atomic mass is 32.1. The van der Waals surface area contributed by atoms with E-state index in [1.807, 2.05) is 29.8 Å². The summed E-state index contributed by atoms with van der Waals surface area (Å²) in [5.41, 5.74) is 2.29. The highest BCUT2D eigenvalue weighted by Crippen LogP contribution is 2.27. The SMILES string of the molecule is C=C(C)C(=O)OCCOc1ccc(/C=N/N=c2\sc3ccccc3n2C)cc1OC. The molecular formula is C22H23N3O4S. The highest BCUT2D eigenvalue weighted by molar-refractivity contribution is 7.16. The lowest BCUT2D eigenvalue weighted by Gasteiger charge is -2.11. The van der Waals surface area contributed by atoms with Crippen molar-refractivity contribution in [1.82, 2.24) is 4.57 Å². The summed E-state index contributed by atoms with van der Waals surface area (Å²) in [5, 5.41) is 8.54. The van der Waals surface area contributed by atoms with Gasteiger partial charge in [0.1, 0.15) is 13.2 Å². The number of methoxy groups -OCH3 is 1. The van der Waals surface area contributed by atoms with Gasteiger partial charge in [-0.1, -0.05) is 30.0 Å². The molecule has 0 radical (unpaired) electrons. The van der Waals surface area contributed by atoms with Crippen molar-refractivity contribution in [1.29, 1.82) is 0 Å². The van der Waals surface area contributed by atoms with E-state index in [4.69, 9.17) is 14.2 Å². The van der Waals surface area contributed by atoms with Crippen LogP contribution in [0.4, 0.5) is 0 Å². The Hall–Kier alpha value is -3.39. The molecule has 0 spiro atoms. The summed E-state index contributed by atoms with van der Waals surface area (Å²) < 4.78 is 19.2. The fourth-order valence-corrected chi connectivity index (χ4v) is 3.59. The minimum atomic E-state index is -0.437. The van der Waals surface area contributed by atoms with Crippen LogP contribution in [0, 0.1) is 0 Å². The summed E-state index contributed by atoms with van der Waals surface area (Å²) in [6.07, 6.45) is 1.66. The van der Waals surface area contributed by atoms with Gasteiger partial charge in [-0.2, -0.15) is 5.10 Å². The number of fused-ring (bicyclic) bond motifs is 1. The summed E-state index contributed by atoms with van der Waals surface area (Å²) in [6, 6.07) is 13.6. The molecule has 0 bridgehead atoms. The van der Waals surface area contributed by atoms with Crippen molar-refractivity contribution in [2.24, 2.45) is 17.3 Å². The summed E-state index contributed by atoms with van der Waals surface area (Å²) in [4.78, 5) is 12.2. The standard InChI is InChI=1S/C22H23N3O4S/c1-15(2)21(26)29-12-11-28-18-10-9-16(13-19(18)27-4)14-23-24-22-25(3)17-7-5-6-8-20(17)30-22/h5-10,13-14H,1,11-12H2,2-4H3/b23-14+,24-22-. The van der Waals surface area contributed by atoms with Gasteiger partial charge in [0, 0.05) is 12.6 Å². The van der Waals surface area contributed by atoms with E-state index in [-0.39, 0.29) is 13.2 Å². The fraction of sp³-hybridized carbons (Fsp3) is 0.227. The monoisotopic (exact) mass is 425 g/mol. The van der Waals surface area contributed by atoms with Crippen molar-refractivity contribution in [2.45, 2.75) is 6.92 Å². The van der Waals surface area contributed by atoms with E-state index in [2.05, 4.69) is 28.9 Å². The lowest BCUT2D eigenvalue weighted by molar-refractivity contribution is -0.139. The summed E-state index contributed by atoms with van der Waals surface area (Å²) >= 11 is 1.58. The number of ether oxygens (including phenoxy) is 3. The minimum absolute atomic E-state index is 0.128. The Balaban J connectivity index is 1.67. The molecule has 30 heavy (non-hydrogen) atoms. The lowest BCUT2D eigenvalue weighted by atomic mass is 10.2. The Morgan fingerprint density at radius 1 is 1.20 bits per heavy atom. The molecule has 0 aliphatic carbocycles. The van der Waals surface area contributed by atoms with Crippen LogP contribution in [0.3, 0.4) is 0 Å². The van der Waals surface area contributed by atoms with Gasteiger partial charge in [0.2, 0.25) is 4.80 Å². The molecule has 0 amide bonds. The Kier molecular flexibility index (Phi) is 7.03. The van der Waals surface area contributed by atoms with Gasteiger partial charge in [-0.15, -0.1) is 5.10 Å².